The van der Waals surface area contributed by atoms with Gasteiger partial charge in [0, 0.05) is 25.7 Å². The number of nitrogens with one attached hydrogen (secondary N) is 2. The van der Waals surface area contributed by atoms with Crippen molar-refractivity contribution < 1.29 is 18.0 Å². The molecule has 2 N–H and O–H groups in total. The average Bonchev–Trinajstić information content (AvgIpc) is 2.64. The molecule has 2 rings (SSSR count). The van der Waals surface area contributed by atoms with Gasteiger partial charge in [0.1, 0.15) is 0 Å². The molecule has 0 unspecified atom stereocenters. The van der Waals surface area contributed by atoms with Crippen molar-refractivity contribution in [3.05, 3.63) is 64.4 Å². The number of aliphatic imine (C=N–C) groups is 1. The molecular formula is C18H19ClF3IN4O. The van der Waals surface area contributed by atoms with E-state index in [0.29, 0.717) is 17.5 Å². The van der Waals surface area contributed by atoms with E-state index in [0.717, 1.165) is 17.7 Å². The average molecular weight is 527 g/mol. The van der Waals surface area contributed by atoms with E-state index in [2.05, 4.69) is 15.6 Å². The molecule has 0 fully saturated rings. The number of rotatable bonds is 5. The number of hydrogen-bond donors (Lipinski definition) is 2. The second-order valence-corrected chi connectivity index (χ2v) is 6.09. The largest absolute Gasteiger partial charge is 0.347 e. The van der Waals surface area contributed by atoms with Gasteiger partial charge in [0.05, 0.1) is 12.2 Å². The molecule has 0 atom stereocenters. The van der Waals surface area contributed by atoms with Crippen LogP contribution in [0.3, 0.4) is 0 Å². The minimum atomic E-state index is -1.64. The van der Waals surface area contributed by atoms with E-state index in [9.17, 15) is 18.0 Å². The van der Waals surface area contributed by atoms with Crippen molar-refractivity contribution in [2.75, 3.05) is 26.0 Å². The summed E-state index contributed by atoms with van der Waals surface area (Å²) >= 11 is 5.85. The number of hydrogen-bond acceptors (Lipinski definition) is 2. The van der Waals surface area contributed by atoms with Gasteiger partial charge in [0.25, 0.3) is 0 Å². The first-order valence-corrected chi connectivity index (χ1v) is 8.29. The molecule has 0 radical (unpaired) electrons. The summed E-state index contributed by atoms with van der Waals surface area (Å²) in [5.41, 5.74) is 0.545. The van der Waals surface area contributed by atoms with E-state index in [1.165, 1.54) is 0 Å². The predicted molar refractivity (Wildman–Crippen MR) is 115 cm³/mol. The normalized spacial score (nSPS) is 10.9. The van der Waals surface area contributed by atoms with E-state index < -0.39 is 29.0 Å². The van der Waals surface area contributed by atoms with Gasteiger partial charge in [-0.1, -0.05) is 23.7 Å². The number of nitrogens with zero attached hydrogens (tertiary/aromatic N) is 2. The molecule has 5 nitrogen and oxygen atoms in total. The molecule has 0 aliphatic heterocycles. The highest BCUT2D eigenvalue weighted by Gasteiger charge is 2.16. The Morgan fingerprint density at radius 1 is 1.11 bits per heavy atom. The van der Waals surface area contributed by atoms with Gasteiger partial charge < -0.3 is 15.5 Å². The zero-order valence-electron chi connectivity index (χ0n) is 15.1. The Labute approximate surface area is 183 Å². The van der Waals surface area contributed by atoms with Crippen molar-refractivity contribution in [1.82, 2.24) is 10.2 Å². The van der Waals surface area contributed by atoms with Crippen molar-refractivity contribution in [1.29, 1.82) is 0 Å². The van der Waals surface area contributed by atoms with Gasteiger partial charge in [0.15, 0.2) is 23.4 Å². The quantitative estimate of drug-likeness (QED) is 0.268. The Kier molecular flexibility index (Phi) is 9.53. The second-order valence-electron chi connectivity index (χ2n) is 5.65. The van der Waals surface area contributed by atoms with E-state index >= 15 is 0 Å². The molecule has 0 saturated carbocycles. The number of guanidine groups is 1. The Hall–Kier alpha value is -2.01. The molecule has 0 heterocycles. The number of amides is 1. The predicted octanol–water partition coefficient (Wildman–Crippen LogP) is 4.02. The summed E-state index contributed by atoms with van der Waals surface area (Å²) in [6.07, 6.45) is 0. The number of benzene rings is 2. The van der Waals surface area contributed by atoms with Gasteiger partial charge in [-0.3, -0.25) is 9.79 Å². The zero-order valence-corrected chi connectivity index (χ0v) is 18.2. The minimum Gasteiger partial charge on any atom is -0.347 e. The lowest BCUT2D eigenvalue weighted by Gasteiger charge is -2.22. The monoisotopic (exact) mass is 526 g/mol. The van der Waals surface area contributed by atoms with Crippen LogP contribution in [-0.2, 0) is 11.3 Å². The van der Waals surface area contributed by atoms with Crippen LogP contribution in [0.4, 0.5) is 18.9 Å². The summed E-state index contributed by atoms with van der Waals surface area (Å²) in [5.74, 6) is -4.63. The van der Waals surface area contributed by atoms with E-state index in [4.69, 9.17) is 11.6 Å². The summed E-state index contributed by atoms with van der Waals surface area (Å²) < 4.78 is 39.7. The fourth-order valence-electron chi connectivity index (χ4n) is 2.30. The van der Waals surface area contributed by atoms with E-state index in [-0.39, 0.29) is 30.5 Å². The topological polar surface area (TPSA) is 56.7 Å². The molecule has 1 amide bonds. The second kappa shape index (κ2) is 11.1. The maximum absolute atomic E-state index is 13.6. The minimum absolute atomic E-state index is 0. The number of carbonyl (C=O) groups excluding carboxylic acids is 1. The molecule has 0 aliphatic rings. The van der Waals surface area contributed by atoms with Crippen LogP contribution in [0.15, 0.2) is 41.4 Å². The number of anilines is 1. The standard InChI is InChI=1S/C18H18ClF3N4O.HI/c1-23-18(26(2)10-11-3-5-12(19)6-4-11)24-9-15(27)25-14-8-7-13(20)16(21)17(14)22;/h3-8H,9-10H2,1-2H3,(H,23,24)(H,25,27);1H. The Morgan fingerprint density at radius 2 is 1.75 bits per heavy atom. The van der Waals surface area contributed by atoms with Crippen molar-refractivity contribution in [3.8, 4) is 0 Å². The third-order valence-electron chi connectivity index (χ3n) is 3.62. The molecule has 10 heteroatoms. The Bertz CT molecular complexity index is 849. The summed E-state index contributed by atoms with van der Waals surface area (Å²) in [7, 11) is 3.32. The molecule has 28 heavy (non-hydrogen) atoms. The first kappa shape index (κ1) is 24.0. The molecule has 0 bridgehead atoms. The molecule has 0 aromatic heterocycles. The molecule has 2 aromatic rings. The lowest BCUT2D eigenvalue weighted by atomic mass is 10.2. The lowest BCUT2D eigenvalue weighted by molar-refractivity contribution is -0.115. The van der Waals surface area contributed by atoms with Crippen LogP contribution in [0.2, 0.25) is 5.02 Å². The van der Waals surface area contributed by atoms with Gasteiger partial charge in [0.2, 0.25) is 5.91 Å². The van der Waals surface area contributed by atoms with Crippen molar-refractivity contribution in [3.63, 3.8) is 0 Å². The maximum atomic E-state index is 13.6. The van der Waals surface area contributed by atoms with Gasteiger partial charge >= 0.3 is 0 Å². The lowest BCUT2D eigenvalue weighted by Crippen LogP contribution is -2.42. The third kappa shape index (κ3) is 6.55. The Morgan fingerprint density at radius 3 is 2.36 bits per heavy atom. The molecule has 0 spiro atoms. The van der Waals surface area contributed by atoms with Crippen molar-refractivity contribution in [2.24, 2.45) is 4.99 Å². The summed E-state index contributed by atoms with van der Waals surface area (Å²) in [6.45, 7) is 0.270. The highest BCUT2D eigenvalue weighted by atomic mass is 127. The van der Waals surface area contributed by atoms with Crippen LogP contribution in [0.5, 0.6) is 0 Å². The highest BCUT2D eigenvalue weighted by molar-refractivity contribution is 14.0. The first-order valence-electron chi connectivity index (χ1n) is 7.91. The summed E-state index contributed by atoms with van der Waals surface area (Å²) in [5, 5.41) is 5.62. The van der Waals surface area contributed by atoms with Crippen LogP contribution >= 0.6 is 35.6 Å². The van der Waals surface area contributed by atoms with E-state index in [1.54, 1.807) is 31.1 Å². The van der Waals surface area contributed by atoms with Crippen molar-refractivity contribution >= 4 is 53.1 Å². The van der Waals surface area contributed by atoms with Gasteiger partial charge in [-0.25, -0.2) is 13.2 Å². The van der Waals surface area contributed by atoms with Gasteiger partial charge in [-0.2, -0.15) is 0 Å². The summed E-state index contributed by atoms with van der Waals surface area (Å²) in [4.78, 5) is 17.8. The van der Waals surface area contributed by atoms with Crippen molar-refractivity contribution in [2.45, 2.75) is 6.54 Å². The SMILES string of the molecule is CN=C(NCC(=O)Nc1ccc(F)c(F)c1F)N(C)Cc1ccc(Cl)cc1.I. The van der Waals surface area contributed by atoms with Crippen LogP contribution in [0.1, 0.15) is 5.56 Å². The van der Waals surface area contributed by atoms with Crippen LogP contribution in [0.25, 0.3) is 0 Å². The number of carbonyl (C=O) groups is 1. The Balaban J connectivity index is 0.00000392. The number of halogens is 5. The third-order valence-corrected chi connectivity index (χ3v) is 3.87. The first-order chi connectivity index (χ1) is 12.8. The molecular weight excluding hydrogens is 508 g/mol. The molecule has 152 valence electrons. The maximum Gasteiger partial charge on any atom is 0.243 e. The van der Waals surface area contributed by atoms with Gasteiger partial charge in [-0.05, 0) is 29.8 Å². The van der Waals surface area contributed by atoms with Gasteiger partial charge in [-0.15, -0.1) is 24.0 Å². The van der Waals surface area contributed by atoms with Crippen LogP contribution < -0.4 is 10.6 Å². The smallest absolute Gasteiger partial charge is 0.243 e. The highest BCUT2D eigenvalue weighted by Crippen LogP contribution is 2.19. The molecule has 0 aliphatic carbocycles. The fraction of sp³-hybridized carbons (Fsp3) is 0.222. The zero-order chi connectivity index (χ0) is 20.0. The van der Waals surface area contributed by atoms with Crippen LogP contribution in [-0.4, -0.2) is 37.4 Å². The molecule has 0 saturated heterocycles. The molecule has 2 aromatic carbocycles. The fourth-order valence-corrected chi connectivity index (χ4v) is 2.43. The van der Waals surface area contributed by atoms with E-state index in [1.807, 2.05) is 12.1 Å². The summed E-state index contributed by atoms with van der Waals surface area (Å²) in [6, 6.07) is 8.96. The van der Waals surface area contributed by atoms with Crippen LogP contribution in [0, 0.1) is 17.5 Å².